The van der Waals surface area contributed by atoms with E-state index in [9.17, 15) is 13.2 Å². The molecule has 2 aliphatic rings. The van der Waals surface area contributed by atoms with Crippen LogP contribution in [0.1, 0.15) is 33.1 Å². The number of sulfone groups is 1. The summed E-state index contributed by atoms with van der Waals surface area (Å²) in [6, 6.07) is 7.27. The number of carbonyl (C=O) groups excluding carboxylic acids is 1. The number of rotatable bonds is 7. The summed E-state index contributed by atoms with van der Waals surface area (Å²) in [5.41, 5.74) is 0.775. The van der Waals surface area contributed by atoms with Crippen LogP contribution in [0.5, 0.6) is 0 Å². The third-order valence-corrected chi connectivity index (χ3v) is 9.10. The molecule has 0 radical (unpaired) electrons. The van der Waals surface area contributed by atoms with E-state index in [4.69, 9.17) is 11.6 Å². The molecule has 2 fully saturated rings. The Morgan fingerprint density at radius 2 is 2.00 bits per heavy atom. The van der Waals surface area contributed by atoms with E-state index in [0.29, 0.717) is 23.1 Å². The van der Waals surface area contributed by atoms with Gasteiger partial charge in [0.1, 0.15) is 0 Å². The van der Waals surface area contributed by atoms with Crippen molar-refractivity contribution in [2.75, 3.05) is 36.0 Å². The molecule has 32 heavy (non-hydrogen) atoms. The van der Waals surface area contributed by atoms with Crippen molar-refractivity contribution in [3.8, 4) is 5.69 Å². The molecule has 2 saturated heterocycles. The Labute approximate surface area is 198 Å². The fraction of sp³-hybridized carbons (Fsp3) is 0.571. The normalized spacial score (nSPS) is 21.1. The van der Waals surface area contributed by atoms with Crippen molar-refractivity contribution >= 4 is 45.1 Å². The molecule has 2 atom stereocenters. The number of thioether (sulfide) groups is 1. The first-order valence-electron chi connectivity index (χ1n) is 10.9. The maximum Gasteiger partial charge on any atom is 0.236 e. The molecule has 4 rings (SSSR count). The van der Waals surface area contributed by atoms with Crippen molar-refractivity contribution in [3.63, 3.8) is 0 Å². The number of halogens is 1. The highest BCUT2D eigenvalue weighted by Gasteiger charge is 2.36. The van der Waals surface area contributed by atoms with E-state index >= 15 is 0 Å². The maximum absolute atomic E-state index is 13.3. The first kappa shape index (κ1) is 23.4. The predicted octanol–water partition coefficient (Wildman–Crippen LogP) is 3.04. The van der Waals surface area contributed by atoms with Crippen molar-refractivity contribution < 1.29 is 13.2 Å². The van der Waals surface area contributed by atoms with E-state index in [1.807, 2.05) is 42.7 Å². The van der Waals surface area contributed by atoms with Crippen LogP contribution in [0.4, 0.5) is 5.95 Å². The van der Waals surface area contributed by atoms with Crippen LogP contribution >= 0.6 is 23.4 Å². The number of aromatic nitrogens is 3. The Kier molecular flexibility index (Phi) is 7.02. The molecular weight excluding hydrogens is 470 g/mol. The molecule has 2 aromatic rings. The van der Waals surface area contributed by atoms with Crippen molar-refractivity contribution in [2.45, 2.75) is 49.6 Å². The van der Waals surface area contributed by atoms with Gasteiger partial charge in [0, 0.05) is 25.7 Å². The highest BCUT2D eigenvalue weighted by Crippen LogP contribution is 2.34. The summed E-state index contributed by atoms with van der Waals surface area (Å²) in [6.07, 6.45) is 2.69. The minimum Gasteiger partial charge on any atom is -0.341 e. The Morgan fingerprint density at radius 1 is 1.28 bits per heavy atom. The Morgan fingerprint density at radius 3 is 2.62 bits per heavy atom. The minimum atomic E-state index is -3.07. The van der Waals surface area contributed by atoms with Gasteiger partial charge in [-0.25, -0.2) is 8.42 Å². The van der Waals surface area contributed by atoms with Crippen molar-refractivity contribution in [1.82, 2.24) is 19.7 Å². The molecule has 8 nitrogen and oxygen atoms in total. The monoisotopic (exact) mass is 497 g/mol. The number of hydrogen-bond donors (Lipinski definition) is 0. The topological polar surface area (TPSA) is 88.4 Å². The first-order valence-corrected chi connectivity index (χ1v) is 14.0. The van der Waals surface area contributed by atoms with Crippen molar-refractivity contribution in [2.24, 2.45) is 0 Å². The molecule has 1 aromatic heterocycles. The molecule has 3 heterocycles. The first-order chi connectivity index (χ1) is 15.3. The lowest BCUT2D eigenvalue weighted by atomic mass is 10.2. The molecule has 0 unspecified atom stereocenters. The molecule has 0 bridgehead atoms. The van der Waals surface area contributed by atoms with Crippen LogP contribution in [0.15, 0.2) is 29.4 Å². The second-order valence-electron chi connectivity index (χ2n) is 8.20. The molecule has 0 spiro atoms. The molecule has 174 valence electrons. The average Bonchev–Trinajstić information content (AvgIpc) is 3.49. The summed E-state index contributed by atoms with van der Waals surface area (Å²) in [6.45, 7) is 6.00. The molecule has 0 aliphatic carbocycles. The van der Waals surface area contributed by atoms with Crippen LogP contribution in [0.2, 0.25) is 5.02 Å². The van der Waals surface area contributed by atoms with Crippen LogP contribution < -0.4 is 4.90 Å². The number of nitrogens with zero attached hydrogens (tertiary/aromatic N) is 5. The van der Waals surface area contributed by atoms with Gasteiger partial charge >= 0.3 is 0 Å². The predicted molar refractivity (Wildman–Crippen MR) is 128 cm³/mol. The summed E-state index contributed by atoms with van der Waals surface area (Å²) >= 11 is 7.84. The molecule has 1 amide bonds. The van der Waals surface area contributed by atoms with E-state index in [1.165, 1.54) is 11.8 Å². The number of amides is 1. The van der Waals surface area contributed by atoms with Gasteiger partial charge in [-0.05, 0) is 45.2 Å². The fourth-order valence-electron chi connectivity index (χ4n) is 4.36. The van der Waals surface area contributed by atoms with Gasteiger partial charge in [0.2, 0.25) is 11.9 Å². The fourth-order valence-corrected chi connectivity index (χ4v) is 7.24. The Hall–Kier alpha value is -1.78. The SMILES string of the molecule is CCN(C(=O)[C@H](C)Sc1nnc(N2CCCC2)n1-c1ccccc1Cl)[C@@H]1CCS(=O)(=O)C1. The van der Waals surface area contributed by atoms with Gasteiger partial charge in [0.25, 0.3) is 0 Å². The van der Waals surface area contributed by atoms with E-state index in [-0.39, 0.29) is 23.5 Å². The Bertz CT molecular complexity index is 1080. The number of para-hydroxylation sites is 1. The van der Waals surface area contributed by atoms with E-state index in [2.05, 4.69) is 15.1 Å². The quantitative estimate of drug-likeness (QED) is 0.543. The van der Waals surface area contributed by atoms with Gasteiger partial charge in [-0.15, -0.1) is 10.2 Å². The third-order valence-electron chi connectivity index (χ3n) is 6.00. The number of hydrogen-bond acceptors (Lipinski definition) is 7. The number of benzene rings is 1. The zero-order chi connectivity index (χ0) is 22.9. The van der Waals surface area contributed by atoms with Crippen LogP contribution in [0.25, 0.3) is 5.69 Å². The van der Waals surface area contributed by atoms with E-state index in [1.54, 1.807) is 4.90 Å². The van der Waals surface area contributed by atoms with Gasteiger partial charge in [-0.1, -0.05) is 35.5 Å². The van der Waals surface area contributed by atoms with Gasteiger partial charge in [0.05, 0.1) is 27.5 Å². The Balaban J connectivity index is 1.61. The average molecular weight is 498 g/mol. The second kappa shape index (κ2) is 9.61. The summed E-state index contributed by atoms with van der Waals surface area (Å²) in [4.78, 5) is 17.2. The number of carbonyl (C=O) groups is 1. The second-order valence-corrected chi connectivity index (χ2v) is 12.1. The zero-order valence-corrected chi connectivity index (χ0v) is 20.7. The van der Waals surface area contributed by atoms with Gasteiger partial charge in [-0.2, -0.15) is 0 Å². The molecular formula is C21H28ClN5O3S2. The lowest BCUT2D eigenvalue weighted by molar-refractivity contribution is -0.131. The summed E-state index contributed by atoms with van der Waals surface area (Å²) in [7, 11) is -3.07. The van der Waals surface area contributed by atoms with Crippen LogP contribution in [0.3, 0.4) is 0 Å². The van der Waals surface area contributed by atoms with Crippen LogP contribution in [-0.4, -0.2) is 76.4 Å². The largest absolute Gasteiger partial charge is 0.341 e. The lowest BCUT2D eigenvalue weighted by Crippen LogP contribution is -2.44. The molecule has 11 heteroatoms. The third kappa shape index (κ3) is 4.77. The highest BCUT2D eigenvalue weighted by molar-refractivity contribution is 8.00. The van der Waals surface area contributed by atoms with Crippen molar-refractivity contribution in [1.29, 1.82) is 0 Å². The van der Waals surface area contributed by atoms with Gasteiger partial charge < -0.3 is 9.80 Å². The highest BCUT2D eigenvalue weighted by atomic mass is 35.5. The summed E-state index contributed by atoms with van der Waals surface area (Å²) in [5.74, 6) is 0.824. The summed E-state index contributed by atoms with van der Waals surface area (Å²) in [5, 5.41) is 9.59. The lowest BCUT2D eigenvalue weighted by Gasteiger charge is -2.29. The smallest absolute Gasteiger partial charge is 0.236 e. The van der Waals surface area contributed by atoms with E-state index in [0.717, 1.165) is 37.6 Å². The maximum atomic E-state index is 13.3. The van der Waals surface area contributed by atoms with Crippen LogP contribution in [-0.2, 0) is 14.6 Å². The van der Waals surface area contributed by atoms with Gasteiger partial charge in [-0.3, -0.25) is 9.36 Å². The van der Waals surface area contributed by atoms with Crippen LogP contribution in [0, 0.1) is 0 Å². The molecule has 0 saturated carbocycles. The van der Waals surface area contributed by atoms with E-state index < -0.39 is 15.1 Å². The summed E-state index contributed by atoms with van der Waals surface area (Å²) < 4.78 is 25.8. The van der Waals surface area contributed by atoms with Gasteiger partial charge in [0.15, 0.2) is 15.0 Å². The molecule has 2 aliphatic heterocycles. The zero-order valence-electron chi connectivity index (χ0n) is 18.3. The molecule has 0 N–H and O–H groups in total. The number of anilines is 1. The molecule has 1 aromatic carbocycles. The minimum absolute atomic E-state index is 0.0406. The van der Waals surface area contributed by atoms with Crippen molar-refractivity contribution in [3.05, 3.63) is 29.3 Å². The standard InChI is InChI=1S/C21H28ClN5O3S2/c1-3-26(16-10-13-32(29,30)14-16)19(28)15(2)31-21-24-23-20(25-11-6-7-12-25)27(21)18-9-5-4-8-17(18)22/h4-5,8-9,15-16H,3,6-7,10-14H2,1-2H3/t15-,16+/m0/s1.